The molecule has 0 bridgehead atoms. The number of hydrogen-bond acceptors (Lipinski definition) is 3. The van der Waals surface area contributed by atoms with Gasteiger partial charge in [0.25, 0.3) is 0 Å². The molecular weight excluding hydrogens is 499 g/mol. The second-order valence-corrected chi connectivity index (χ2v) is 10.3. The average Bonchev–Trinajstić information content (AvgIpc) is 2.87. The molecule has 3 aromatic rings. The molecule has 0 saturated heterocycles. The fourth-order valence-corrected chi connectivity index (χ4v) is 4.85. The lowest BCUT2D eigenvalue weighted by Crippen LogP contribution is -2.52. The monoisotopic (exact) mass is 528 g/mol. The molecule has 0 heterocycles. The topological polar surface area (TPSA) is 49.4 Å². The van der Waals surface area contributed by atoms with E-state index in [1.807, 2.05) is 74.5 Å². The standard InChI is InChI=1S/C28H30Cl2N2O2S/c1-3-20(2)31-28(34)26(16-21-10-6-4-7-11-21)32(18-22-14-15-23(29)17-25(22)30)27(33)19-35-24-12-8-5-9-13-24/h4-15,17,20,26H,3,16,18-19H2,1-2H3,(H,31,34)/t20-,26+/m0/s1. The van der Waals surface area contributed by atoms with Gasteiger partial charge in [-0.15, -0.1) is 11.8 Å². The van der Waals surface area contributed by atoms with Crippen molar-refractivity contribution < 1.29 is 9.59 Å². The van der Waals surface area contributed by atoms with Gasteiger partial charge in [-0.2, -0.15) is 0 Å². The van der Waals surface area contributed by atoms with Crippen molar-refractivity contribution >= 4 is 46.8 Å². The van der Waals surface area contributed by atoms with Gasteiger partial charge in [0, 0.05) is 33.9 Å². The van der Waals surface area contributed by atoms with E-state index < -0.39 is 6.04 Å². The number of benzene rings is 3. The van der Waals surface area contributed by atoms with Gasteiger partial charge in [-0.25, -0.2) is 0 Å². The zero-order valence-electron chi connectivity index (χ0n) is 19.9. The molecule has 0 aliphatic rings. The number of hydrogen-bond donors (Lipinski definition) is 1. The van der Waals surface area contributed by atoms with Crippen LogP contribution in [0.3, 0.4) is 0 Å². The van der Waals surface area contributed by atoms with Gasteiger partial charge in [0.15, 0.2) is 0 Å². The first-order chi connectivity index (χ1) is 16.9. The minimum atomic E-state index is -0.693. The Bertz CT molecular complexity index is 1110. The molecular formula is C28H30Cl2N2O2S. The molecule has 2 atom stereocenters. The van der Waals surface area contributed by atoms with Crippen molar-refractivity contribution in [2.45, 2.75) is 50.2 Å². The number of rotatable bonds is 11. The molecule has 0 aliphatic heterocycles. The van der Waals surface area contributed by atoms with Crippen LogP contribution in [-0.2, 0) is 22.6 Å². The maximum atomic E-state index is 13.6. The molecule has 0 unspecified atom stereocenters. The maximum Gasteiger partial charge on any atom is 0.243 e. The minimum Gasteiger partial charge on any atom is -0.352 e. The van der Waals surface area contributed by atoms with Gasteiger partial charge in [-0.1, -0.05) is 84.7 Å². The number of carbonyl (C=O) groups is 2. The summed E-state index contributed by atoms with van der Waals surface area (Å²) in [7, 11) is 0. The summed E-state index contributed by atoms with van der Waals surface area (Å²) in [6, 6.07) is 24.0. The molecule has 35 heavy (non-hydrogen) atoms. The summed E-state index contributed by atoms with van der Waals surface area (Å²) in [6.45, 7) is 4.19. The van der Waals surface area contributed by atoms with Crippen LogP contribution in [0.25, 0.3) is 0 Å². The smallest absolute Gasteiger partial charge is 0.243 e. The summed E-state index contributed by atoms with van der Waals surface area (Å²) in [5, 5.41) is 4.06. The van der Waals surface area contributed by atoms with Crippen molar-refractivity contribution in [3.8, 4) is 0 Å². The summed E-state index contributed by atoms with van der Waals surface area (Å²) in [6.07, 6.45) is 1.20. The van der Waals surface area contributed by atoms with E-state index >= 15 is 0 Å². The first kappa shape index (κ1) is 27.1. The SMILES string of the molecule is CC[C@H](C)NC(=O)[C@@H](Cc1ccccc1)N(Cc1ccc(Cl)cc1Cl)C(=O)CSc1ccccc1. The van der Waals surface area contributed by atoms with Crippen molar-refractivity contribution in [3.63, 3.8) is 0 Å². The molecule has 0 aliphatic carbocycles. The number of halogens is 2. The van der Waals surface area contributed by atoms with E-state index in [9.17, 15) is 9.59 Å². The molecule has 2 amide bonds. The Morgan fingerprint density at radius 3 is 2.26 bits per heavy atom. The highest BCUT2D eigenvalue weighted by atomic mass is 35.5. The van der Waals surface area contributed by atoms with Crippen LogP contribution in [0.15, 0.2) is 83.8 Å². The third kappa shape index (κ3) is 8.31. The Morgan fingerprint density at radius 2 is 1.63 bits per heavy atom. The van der Waals surface area contributed by atoms with Crippen LogP contribution in [0.4, 0.5) is 0 Å². The Labute approximate surface area is 222 Å². The molecule has 0 fully saturated rings. The van der Waals surface area contributed by atoms with Gasteiger partial charge in [-0.05, 0) is 48.7 Å². The Morgan fingerprint density at radius 1 is 0.971 bits per heavy atom. The van der Waals surface area contributed by atoms with Gasteiger partial charge < -0.3 is 10.2 Å². The quantitative estimate of drug-likeness (QED) is 0.283. The molecule has 0 spiro atoms. The minimum absolute atomic E-state index is 0.00413. The van der Waals surface area contributed by atoms with E-state index in [0.29, 0.717) is 16.5 Å². The highest BCUT2D eigenvalue weighted by Crippen LogP contribution is 2.25. The predicted molar refractivity (Wildman–Crippen MR) is 146 cm³/mol. The second-order valence-electron chi connectivity index (χ2n) is 8.38. The predicted octanol–water partition coefficient (Wildman–Crippen LogP) is 6.64. The van der Waals surface area contributed by atoms with Crippen molar-refractivity contribution in [1.29, 1.82) is 0 Å². The van der Waals surface area contributed by atoms with Gasteiger partial charge in [-0.3, -0.25) is 9.59 Å². The van der Waals surface area contributed by atoms with E-state index in [4.69, 9.17) is 23.2 Å². The lowest BCUT2D eigenvalue weighted by Gasteiger charge is -2.32. The fourth-order valence-electron chi connectivity index (χ4n) is 3.57. The average molecular weight is 530 g/mol. The van der Waals surface area contributed by atoms with Crippen LogP contribution in [0.1, 0.15) is 31.4 Å². The lowest BCUT2D eigenvalue weighted by molar-refractivity contribution is -0.139. The molecule has 0 saturated carbocycles. The molecule has 4 nitrogen and oxygen atoms in total. The molecule has 7 heteroatoms. The molecule has 3 aromatic carbocycles. The van der Waals surface area contributed by atoms with Crippen molar-refractivity contribution in [2.24, 2.45) is 0 Å². The molecule has 3 rings (SSSR count). The van der Waals surface area contributed by atoms with E-state index in [0.717, 1.165) is 22.4 Å². The van der Waals surface area contributed by atoms with Crippen LogP contribution in [0, 0.1) is 0 Å². The van der Waals surface area contributed by atoms with Crippen LogP contribution in [0.5, 0.6) is 0 Å². The second kappa shape index (κ2) is 13.6. The first-order valence-corrected chi connectivity index (χ1v) is 13.4. The highest BCUT2D eigenvalue weighted by molar-refractivity contribution is 8.00. The first-order valence-electron chi connectivity index (χ1n) is 11.6. The fraction of sp³-hybridized carbons (Fsp3) is 0.286. The number of amides is 2. The summed E-state index contributed by atoms with van der Waals surface area (Å²) in [4.78, 5) is 29.8. The van der Waals surface area contributed by atoms with Gasteiger partial charge in [0.1, 0.15) is 6.04 Å². The highest BCUT2D eigenvalue weighted by Gasteiger charge is 2.31. The summed E-state index contributed by atoms with van der Waals surface area (Å²) in [5.74, 6) is -0.103. The van der Waals surface area contributed by atoms with Crippen molar-refractivity contribution in [2.75, 3.05) is 5.75 Å². The summed E-state index contributed by atoms with van der Waals surface area (Å²) >= 11 is 14.0. The van der Waals surface area contributed by atoms with Gasteiger partial charge >= 0.3 is 0 Å². The maximum absolute atomic E-state index is 13.6. The largest absolute Gasteiger partial charge is 0.352 e. The van der Waals surface area contributed by atoms with Crippen LogP contribution in [0.2, 0.25) is 10.0 Å². The number of carbonyl (C=O) groups excluding carboxylic acids is 2. The third-order valence-electron chi connectivity index (χ3n) is 5.73. The zero-order valence-corrected chi connectivity index (χ0v) is 22.2. The van der Waals surface area contributed by atoms with E-state index in [-0.39, 0.29) is 30.2 Å². The zero-order chi connectivity index (χ0) is 25.2. The molecule has 0 radical (unpaired) electrons. The van der Waals surface area contributed by atoms with E-state index in [1.54, 1.807) is 23.1 Å². The number of nitrogens with zero attached hydrogens (tertiary/aromatic N) is 1. The summed E-state index contributed by atoms with van der Waals surface area (Å²) in [5.41, 5.74) is 1.72. The lowest BCUT2D eigenvalue weighted by atomic mass is 10.0. The van der Waals surface area contributed by atoms with Crippen LogP contribution in [-0.4, -0.2) is 34.6 Å². The van der Waals surface area contributed by atoms with E-state index in [2.05, 4.69) is 5.32 Å². The number of nitrogens with one attached hydrogen (secondary N) is 1. The van der Waals surface area contributed by atoms with Crippen LogP contribution < -0.4 is 5.32 Å². The molecule has 1 N–H and O–H groups in total. The summed E-state index contributed by atoms with van der Waals surface area (Å²) < 4.78 is 0. The molecule has 0 aromatic heterocycles. The van der Waals surface area contributed by atoms with Crippen molar-refractivity contribution in [3.05, 3.63) is 100 Å². The van der Waals surface area contributed by atoms with E-state index in [1.165, 1.54) is 11.8 Å². The Hall–Kier alpha value is -2.47. The number of thioether (sulfide) groups is 1. The van der Waals surface area contributed by atoms with Gasteiger partial charge in [0.2, 0.25) is 11.8 Å². The van der Waals surface area contributed by atoms with Crippen molar-refractivity contribution in [1.82, 2.24) is 10.2 Å². The third-order valence-corrected chi connectivity index (χ3v) is 7.32. The van der Waals surface area contributed by atoms with Crippen LogP contribution >= 0.6 is 35.0 Å². The Kier molecular flexibility index (Phi) is 10.5. The Balaban J connectivity index is 1.94. The molecule has 184 valence electrons. The normalized spacial score (nSPS) is 12.6. The van der Waals surface area contributed by atoms with Gasteiger partial charge in [0.05, 0.1) is 5.75 Å².